The summed E-state index contributed by atoms with van der Waals surface area (Å²) in [6, 6.07) is 5.80. The van der Waals surface area contributed by atoms with Gasteiger partial charge in [-0.1, -0.05) is 23.7 Å². The standard InChI is InChI=1S/C14H18N4O2/c1-4-7-15-12-6-5-9(2)8-11(12)13(19)17-14-16-10(3)18-20-14/h5-6,8,15H,4,7H2,1-3H3,(H,16,17,18,19). The zero-order valence-corrected chi connectivity index (χ0v) is 11.9. The van der Waals surface area contributed by atoms with Crippen molar-refractivity contribution in [3.05, 3.63) is 35.2 Å². The molecule has 106 valence electrons. The summed E-state index contributed by atoms with van der Waals surface area (Å²) in [7, 11) is 0. The second kappa shape index (κ2) is 6.18. The van der Waals surface area contributed by atoms with E-state index < -0.39 is 0 Å². The molecule has 0 aliphatic rings. The van der Waals surface area contributed by atoms with Crippen LogP contribution >= 0.6 is 0 Å². The van der Waals surface area contributed by atoms with Gasteiger partial charge in [-0.15, -0.1) is 0 Å². The number of carbonyl (C=O) groups is 1. The number of rotatable bonds is 5. The molecular weight excluding hydrogens is 256 g/mol. The lowest BCUT2D eigenvalue weighted by Gasteiger charge is -2.11. The van der Waals surface area contributed by atoms with Crippen LogP contribution in [0.3, 0.4) is 0 Å². The van der Waals surface area contributed by atoms with Gasteiger partial charge in [0, 0.05) is 12.2 Å². The molecule has 6 heteroatoms. The molecule has 0 spiro atoms. The summed E-state index contributed by atoms with van der Waals surface area (Å²) in [5, 5.41) is 9.47. The number of carbonyl (C=O) groups excluding carboxylic acids is 1. The van der Waals surface area contributed by atoms with Crippen molar-refractivity contribution >= 4 is 17.6 Å². The average Bonchev–Trinajstić information content (AvgIpc) is 2.82. The summed E-state index contributed by atoms with van der Waals surface area (Å²) in [4.78, 5) is 16.2. The predicted molar refractivity (Wildman–Crippen MR) is 76.9 cm³/mol. The Balaban J connectivity index is 2.21. The number of aryl methyl sites for hydroxylation is 2. The normalized spacial score (nSPS) is 10.3. The van der Waals surface area contributed by atoms with E-state index >= 15 is 0 Å². The molecule has 1 amide bonds. The number of benzene rings is 1. The zero-order valence-electron chi connectivity index (χ0n) is 11.9. The SMILES string of the molecule is CCCNc1ccc(C)cc1C(=O)Nc1nc(C)no1. The highest BCUT2D eigenvalue weighted by Gasteiger charge is 2.14. The summed E-state index contributed by atoms with van der Waals surface area (Å²) < 4.78 is 4.89. The highest BCUT2D eigenvalue weighted by molar-refractivity contribution is 6.07. The van der Waals surface area contributed by atoms with E-state index in [4.69, 9.17) is 4.52 Å². The topological polar surface area (TPSA) is 80.0 Å². The first kappa shape index (κ1) is 14.0. The van der Waals surface area contributed by atoms with Crippen molar-refractivity contribution in [2.24, 2.45) is 0 Å². The van der Waals surface area contributed by atoms with Gasteiger partial charge >= 0.3 is 6.01 Å². The quantitative estimate of drug-likeness (QED) is 0.876. The summed E-state index contributed by atoms with van der Waals surface area (Å²) in [6.07, 6.45) is 0.984. The first-order valence-corrected chi connectivity index (χ1v) is 6.56. The molecule has 0 saturated carbocycles. The van der Waals surface area contributed by atoms with Crippen LogP contribution in [0, 0.1) is 13.8 Å². The Hall–Kier alpha value is -2.37. The van der Waals surface area contributed by atoms with Crippen molar-refractivity contribution in [1.82, 2.24) is 10.1 Å². The molecule has 1 heterocycles. The fraction of sp³-hybridized carbons (Fsp3) is 0.357. The van der Waals surface area contributed by atoms with Crippen LogP contribution in [0.15, 0.2) is 22.7 Å². The first-order valence-electron chi connectivity index (χ1n) is 6.56. The largest absolute Gasteiger partial charge is 0.384 e. The molecule has 1 aromatic carbocycles. The maximum absolute atomic E-state index is 12.3. The summed E-state index contributed by atoms with van der Waals surface area (Å²) >= 11 is 0. The number of nitrogens with one attached hydrogen (secondary N) is 2. The van der Waals surface area contributed by atoms with E-state index in [-0.39, 0.29) is 11.9 Å². The van der Waals surface area contributed by atoms with Crippen LogP contribution in [0.25, 0.3) is 0 Å². The smallest absolute Gasteiger partial charge is 0.328 e. The molecule has 0 bridgehead atoms. The van der Waals surface area contributed by atoms with Crippen molar-refractivity contribution in [1.29, 1.82) is 0 Å². The summed E-state index contributed by atoms with van der Waals surface area (Å²) in [5.74, 6) is 0.213. The van der Waals surface area contributed by atoms with Gasteiger partial charge in [0.1, 0.15) is 0 Å². The molecule has 0 radical (unpaired) electrons. The number of hydrogen-bond acceptors (Lipinski definition) is 5. The van der Waals surface area contributed by atoms with E-state index in [0.29, 0.717) is 11.4 Å². The van der Waals surface area contributed by atoms with Gasteiger partial charge in [0.25, 0.3) is 5.91 Å². The van der Waals surface area contributed by atoms with E-state index in [9.17, 15) is 4.79 Å². The third-order valence-corrected chi connectivity index (χ3v) is 2.73. The van der Waals surface area contributed by atoms with Crippen molar-refractivity contribution in [3.63, 3.8) is 0 Å². The number of aromatic nitrogens is 2. The minimum Gasteiger partial charge on any atom is -0.384 e. The third-order valence-electron chi connectivity index (χ3n) is 2.73. The molecule has 0 aliphatic heterocycles. The number of nitrogens with zero attached hydrogens (tertiary/aromatic N) is 2. The van der Waals surface area contributed by atoms with Crippen LogP contribution in [0.2, 0.25) is 0 Å². The lowest BCUT2D eigenvalue weighted by molar-refractivity contribution is 0.102. The van der Waals surface area contributed by atoms with Gasteiger partial charge in [0.05, 0.1) is 5.56 Å². The Morgan fingerprint density at radius 1 is 1.35 bits per heavy atom. The van der Waals surface area contributed by atoms with Crippen molar-refractivity contribution < 1.29 is 9.32 Å². The van der Waals surface area contributed by atoms with Crippen molar-refractivity contribution in [2.75, 3.05) is 17.2 Å². The molecule has 1 aromatic heterocycles. The second-order valence-corrected chi connectivity index (χ2v) is 4.58. The Kier molecular flexibility index (Phi) is 4.34. The molecule has 0 fully saturated rings. The molecule has 2 rings (SSSR count). The van der Waals surface area contributed by atoms with Gasteiger partial charge in [0.15, 0.2) is 5.82 Å². The van der Waals surface area contributed by atoms with Crippen LogP contribution < -0.4 is 10.6 Å². The maximum Gasteiger partial charge on any atom is 0.328 e. The first-order chi connectivity index (χ1) is 9.60. The second-order valence-electron chi connectivity index (χ2n) is 4.58. The fourth-order valence-corrected chi connectivity index (χ4v) is 1.77. The molecule has 6 nitrogen and oxygen atoms in total. The van der Waals surface area contributed by atoms with Gasteiger partial charge in [0.2, 0.25) is 0 Å². The van der Waals surface area contributed by atoms with E-state index in [0.717, 1.165) is 24.2 Å². The number of hydrogen-bond donors (Lipinski definition) is 2. The van der Waals surface area contributed by atoms with Gasteiger partial charge in [-0.25, -0.2) is 0 Å². The summed E-state index contributed by atoms with van der Waals surface area (Å²) in [6.45, 7) is 6.52. The minimum absolute atomic E-state index is 0.107. The lowest BCUT2D eigenvalue weighted by Crippen LogP contribution is -2.15. The van der Waals surface area contributed by atoms with Crippen molar-refractivity contribution in [3.8, 4) is 0 Å². The Bertz CT molecular complexity index is 607. The van der Waals surface area contributed by atoms with Gasteiger partial charge in [-0.05, 0) is 32.4 Å². The molecular formula is C14H18N4O2. The minimum atomic E-state index is -0.268. The van der Waals surface area contributed by atoms with Gasteiger partial charge in [-0.2, -0.15) is 4.98 Å². The third kappa shape index (κ3) is 3.34. The monoisotopic (exact) mass is 274 g/mol. The molecule has 2 N–H and O–H groups in total. The Morgan fingerprint density at radius 2 is 2.15 bits per heavy atom. The lowest BCUT2D eigenvalue weighted by atomic mass is 10.1. The molecule has 0 saturated heterocycles. The highest BCUT2D eigenvalue weighted by atomic mass is 16.5. The van der Waals surface area contributed by atoms with E-state index in [1.807, 2.05) is 25.1 Å². The summed E-state index contributed by atoms with van der Waals surface area (Å²) in [5.41, 5.74) is 2.37. The van der Waals surface area contributed by atoms with E-state index in [1.165, 1.54) is 0 Å². The number of amides is 1. The van der Waals surface area contributed by atoms with Gasteiger partial charge in [-0.3, -0.25) is 10.1 Å². The van der Waals surface area contributed by atoms with Crippen LogP contribution in [0.5, 0.6) is 0 Å². The Morgan fingerprint density at radius 3 is 2.80 bits per heavy atom. The van der Waals surface area contributed by atoms with Gasteiger partial charge < -0.3 is 9.84 Å². The van der Waals surface area contributed by atoms with E-state index in [1.54, 1.807) is 6.92 Å². The average molecular weight is 274 g/mol. The number of anilines is 2. The predicted octanol–water partition coefficient (Wildman–Crippen LogP) is 2.76. The molecule has 2 aromatic rings. The van der Waals surface area contributed by atoms with Crippen LogP contribution in [0.1, 0.15) is 35.1 Å². The Labute approximate surface area is 117 Å². The fourth-order valence-electron chi connectivity index (χ4n) is 1.77. The van der Waals surface area contributed by atoms with Crippen molar-refractivity contribution in [2.45, 2.75) is 27.2 Å². The molecule has 0 aliphatic carbocycles. The van der Waals surface area contributed by atoms with Crippen LogP contribution in [-0.2, 0) is 0 Å². The van der Waals surface area contributed by atoms with Crippen LogP contribution in [0.4, 0.5) is 11.7 Å². The zero-order chi connectivity index (χ0) is 14.5. The molecule has 0 unspecified atom stereocenters. The van der Waals surface area contributed by atoms with E-state index in [2.05, 4.69) is 27.7 Å². The maximum atomic E-state index is 12.3. The molecule has 0 atom stereocenters. The van der Waals surface area contributed by atoms with Crippen LogP contribution in [-0.4, -0.2) is 22.6 Å². The molecule has 20 heavy (non-hydrogen) atoms. The highest BCUT2D eigenvalue weighted by Crippen LogP contribution is 2.19.